The average Bonchev–Trinajstić information content (AvgIpc) is 2.34. The van der Waals surface area contributed by atoms with Crippen LogP contribution < -0.4 is 10.5 Å². The average molecular weight is 333 g/mol. The van der Waals surface area contributed by atoms with Crippen molar-refractivity contribution >= 4 is 33.3 Å². The smallest absolute Gasteiger partial charge is 0.239 e. The zero-order valence-electron chi connectivity index (χ0n) is 11.7. The van der Waals surface area contributed by atoms with Gasteiger partial charge in [0.15, 0.2) is 5.78 Å². The van der Waals surface area contributed by atoms with Gasteiger partial charge in [0.25, 0.3) is 0 Å². The Morgan fingerprint density at radius 2 is 1.90 bits per heavy atom. The third-order valence-electron chi connectivity index (χ3n) is 2.59. The van der Waals surface area contributed by atoms with Crippen molar-refractivity contribution in [3.63, 3.8) is 0 Å². The number of carbonyl (C=O) groups excluding carboxylic acids is 2. The summed E-state index contributed by atoms with van der Waals surface area (Å²) in [6.07, 6.45) is 0.00852. The van der Waals surface area contributed by atoms with E-state index in [1.165, 1.54) is 12.1 Å². The Bertz CT molecular complexity index is 656. The lowest BCUT2D eigenvalue weighted by molar-refractivity contribution is -0.121. The highest BCUT2D eigenvalue weighted by molar-refractivity contribution is 7.89. The summed E-state index contributed by atoms with van der Waals surface area (Å²) >= 11 is 5.74. The number of nitrogens with one attached hydrogen (secondary N) is 1. The van der Waals surface area contributed by atoms with Crippen LogP contribution in [0.4, 0.5) is 0 Å². The summed E-state index contributed by atoms with van der Waals surface area (Å²) in [4.78, 5) is 23.1. The maximum atomic E-state index is 12.0. The molecule has 0 aromatic heterocycles. The van der Waals surface area contributed by atoms with E-state index in [0.29, 0.717) is 0 Å². The maximum Gasteiger partial charge on any atom is 0.239 e. The van der Waals surface area contributed by atoms with E-state index in [-0.39, 0.29) is 46.1 Å². The number of hydrogen-bond acceptors (Lipinski definition) is 4. The van der Waals surface area contributed by atoms with Crippen LogP contribution in [-0.4, -0.2) is 26.2 Å². The van der Waals surface area contributed by atoms with Gasteiger partial charge in [-0.15, -0.1) is 0 Å². The molecule has 1 aromatic rings. The van der Waals surface area contributed by atoms with Gasteiger partial charge in [0.2, 0.25) is 15.9 Å². The molecule has 8 heteroatoms. The molecule has 0 radical (unpaired) electrons. The Morgan fingerprint density at radius 1 is 1.29 bits per heavy atom. The second-order valence-electron chi connectivity index (χ2n) is 4.84. The highest BCUT2D eigenvalue weighted by Gasteiger charge is 2.17. The fourth-order valence-corrected chi connectivity index (χ4v) is 2.73. The van der Waals surface area contributed by atoms with E-state index in [2.05, 4.69) is 5.32 Å². The molecule has 1 rings (SSSR count). The first kappa shape index (κ1) is 17.6. The largest absolute Gasteiger partial charge is 0.354 e. The zero-order valence-corrected chi connectivity index (χ0v) is 13.3. The molecule has 0 heterocycles. The number of primary sulfonamides is 1. The Morgan fingerprint density at radius 3 is 2.43 bits per heavy atom. The molecule has 116 valence electrons. The number of carbonyl (C=O) groups is 2. The third-order valence-corrected chi connectivity index (χ3v) is 3.98. The van der Waals surface area contributed by atoms with Crippen LogP contribution in [0.1, 0.15) is 37.0 Å². The first-order valence-electron chi connectivity index (χ1n) is 6.26. The summed E-state index contributed by atoms with van der Waals surface area (Å²) < 4.78 is 22.7. The molecule has 0 saturated heterocycles. The van der Waals surface area contributed by atoms with Crippen molar-refractivity contribution < 1.29 is 18.0 Å². The molecule has 0 spiro atoms. The molecular formula is C13H17ClN2O4S. The minimum atomic E-state index is -4.00. The van der Waals surface area contributed by atoms with Crippen LogP contribution in [0.25, 0.3) is 0 Å². The van der Waals surface area contributed by atoms with E-state index in [1.807, 2.05) is 13.8 Å². The Balaban J connectivity index is 2.83. The van der Waals surface area contributed by atoms with Crippen molar-refractivity contribution in [2.45, 2.75) is 37.6 Å². The molecule has 0 unspecified atom stereocenters. The highest BCUT2D eigenvalue weighted by Crippen LogP contribution is 2.22. The van der Waals surface area contributed by atoms with Crippen molar-refractivity contribution in [3.05, 3.63) is 28.8 Å². The number of hydrogen-bond donors (Lipinski definition) is 2. The van der Waals surface area contributed by atoms with Gasteiger partial charge in [0.1, 0.15) is 4.90 Å². The number of nitrogens with two attached hydrogens (primary N) is 1. The highest BCUT2D eigenvalue weighted by atomic mass is 35.5. The SMILES string of the molecule is CC(C)NC(=O)CCC(=O)c1ccc(Cl)c(S(N)(=O)=O)c1. The molecule has 6 nitrogen and oxygen atoms in total. The van der Waals surface area contributed by atoms with Crippen LogP contribution in [0, 0.1) is 0 Å². The first-order chi connectivity index (χ1) is 9.61. The summed E-state index contributed by atoms with van der Waals surface area (Å²) in [7, 11) is -4.00. The van der Waals surface area contributed by atoms with E-state index >= 15 is 0 Å². The van der Waals surface area contributed by atoms with Crippen molar-refractivity contribution in [2.24, 2.45) is 5.14 Å². The van der Waals surface area contributed by atoms with Crippen molar-refractivity contribution in [1.29, 1.82) is 0 Å². The topological polar surface area (TPSA) is 106 Å². The van der Waals surface area contributed by atoms with Gasteiger partial charge in [-0.25, -0.2) is 13.6 Å². The predicted octanol–water partition coefficient (Wildman–Crippen LogP) is 1.47. The molecule has 0 fully saturated rings. The van der Waals surface area contributed by atoms with Gasteiger partial charge < -0.3 is 5.32 Å². The second kappa shape index (κ2) is 7.02. The molecule has 0 bridgehead atoms. The molecule has 0 aliphatic rings. The second-order valence-corrected chi connectivity index (χ2v) is 6.77. The molecule has 3 N–H and O–H groups in total. The number of halogens is 1. The van der Waals surface area contributed by atoms with Gasteiger partial charge in [0, 0.05) is 24.4 Å². The number of benzene rings is 1. The summed E-state index contributed by atoms with van der Waals surface area (Å²) in [6.45, 7) is 3.63. The summed E-state index contributed by atoms with van der Waals surface area (Å²) in [5.74, 6) is -0.588. The van der Waals surface area contributed by atoms with E-state index in [9.17, 15) is 18.0 Å². The lowest BCUT2D eigenvalue weighted by Gasteiger charge is -2.08. The van der Waals surface area contributed by atoms with Crippen LogP contribution in [-0.2, 0) is 14.8 Å². The van der Waals surface area contributed by atoms with E-state index < -0.39 is 10.0 Å². The van der Waals surface area contributed by atoms with Crippen LogP contribution >= 0.6 is 11.6 Å². The first-order valence-corrected chi connectivity index (χ1v) is 8.18. The summed E-state index contributed by atoms with van der Waals surface area (Å²) in [6, 6.07) is 3.82. The van der Waals surface area contributed by atoms with Gasteiger partial charge in [-0.2, -0.15) is 0 Å². The fraction of sp³-hybridized carbons (Fsp3) is 0.385. The number of sulfonamides is 1. The van der Waals surface area contributed by atoms with Crippen molar-refractivity contribution in [2.75, 3.05) is 0 Å². The fourth-order valence-electron chi connectivity index (χ4n) is 1.66. The van der Waals surface area contributed by atoms with Gasteiger partial charge >= 0.3 is 0 Å². The molecular weight excluding hydrogens is 316 g/mol. The summed E-state index contributed by atoms with van der Waals surface area (Å²) in [5.41, 5.74) is 0.153. The summed E-state index contributed by atoms with van der Waals surface area (Å²) in [5, 5.41) is 7.63. The van der Waals surface area contributed by atoms with Crippen molar-refractivity contribution in [3.8, 4) is 0 Å². The lowest BCUT2D eigenvalue weighted by atomic mass is 10.1. The van der Waals surface area contributed by atoms with E-state index in [4.69, 9.17) is 16.7 Å². The normalized spacial score (nSPS) is 11.5. The van der Waals surface area contributed by atoms with Crippen molar-refractivity contribution in [1.82, 2.24) is 5.32 Å². The Hall–Kier alpha value is -1.44. The van der Waals surface area contributed by atoms with Crippen LogP contribution in [0.3, 0.4) is 0 Å². The van der Waals surface area contributed by atoms with Crippen LogP contribution in [0.15, 0.2) is 23.1 Å². The minimum absolute atomic E-state index is 0.00267. The van der Waals surface area contributed by atoms with Gasteiger partial charge in [-0.1, -0.05) is 11.6 Å². The van der Waals surface area contributed by atoms with Crippen LogP contribution in [0.2, 0.25) is 5.02 Å². The standard InChI is InChI=1S/C13H17ClN2O4S/c1-8(2)16-13(18)6-5-11(17)9-3-4-10(14)12(7-9)21(15,19)20/h3-4,7-8H,5-6H2,1-2H3,(H,16,18)(H2,15,19,20). The number of amides is 1. The number of rotatable bonds is 6. The minimum Gasteiger partial charge on any atom is -0.354 e. The molecule has 0 saturated carbocycles. The third kappa shape index (κ3) is 5.45. The Kier molecular flexibility index (Phi) is 5.88. The van der Waals surface area contributed by atoms with E-state index in [0.717, 1.165) is 6.07 Å². The van der Waals surface area contributed by atoms with Crippen LogP contribution in [0.5, 0.6) is 0 Å². The number of Topliss-reactive ketones (excluding diaryl/α,β-unsaturated/α-hetero) is 1. The van der Waals surface area contributed by atoms with E-state index in [1.54, 1.807) is 0 Å². The number of ketones is 1. The van der Waals surface area contributed by atoms with Gasteiger partial charge in [0.05, 0.1) is 5.02 Å². The van der Waals surface area contributed by atoms with Gasteiger partial charge in [-0.05, 0) is 32.0 Å². The molecule has 1 amide bonds. The zero-order chi connectivity index (χ0) is 16.2. The molecule has 0 aliphatic carbocycles. The molecule has 1 aromatic carbocycles. The van der Waals surface area contributed by atoms with Gasteiger partial charge in [-0.3, -0.25) is 9.59 Å². The Labute approximate surface area is 128 Å². The lowest BCUT2D eigenvalue weighted by Crippen LogP contribution is -2.30. The molecule has 0 atom stereocenters. The molecule has 0 aliphatic heterocycles. The maximum absolute atomic E-state index is 12.0. The predicted molar refractivity (Wildman–Crippen MR) is 79.7 cm³/mol. The monoisotopic (exact) mass is 332 g/mol. The molecule has 21 heavy (non-hydrogen) atoms. The quantitative estimate of drug-likeness (QED) is 0.769.